The van der Waals surface area contributed by atoms with E-state index in [4.69, 9.17) is 9.47 Å². The van der Waals surface area contributed by atoms with Gasteiger partial charge in [0, 0.05) is 30.4 Å². The van der Waals surface area contributed by atoms with Crippen LogP contribution in [-0.2, 0) is 23.0 Å². The fourth-order valence-electron chi connectivity index (χ4n) is 4.51. The maximum Gasteiger partial charge on any atom is 0.340 e. The van der Waals surface area contributed by atoms with Crippen LogP contribution < -0.4 is 15.0 Å². The summed E-state index contributed by atoms with van der Waals surface area (Å²) in [5, 5.41) is 3.67. The molecule has 2 aromatic carbocycles. The van der Waals surface area contributed by atoms with Crippen molar-refractivity contribution in [3.05, 3.63) is 53.2 Å². The van der Waals surface area contributed by atoms with Crippen molar-refractivity contribution in [2.24, 2.45) is 7.05 Å². The van der Waals surface area contributed by atoms with Crippen molar-refractivity contribution < 1.29 is 19.1 Å². The van der Waals surface area contributed by atoms with Crippen molar-refractivity contribution >= 4 is 34.2 Å². The Morgan fingerprint density at radius 1 is 1.16 bits per heavy atom. The Bertz CT molecular complexity index is 1180. The first-order valence-electron chi connectivity index (χ1n) is 10.9. The summed E-state index contributed by atoms with van der Waals surface area (Å²) in [7, 11) is 3.45. The molecule has 1 N–H and O–H groups in total. The smallest absolute Gasteiger partial charge is 0.340 e. The van der Waals surface area contributed by atoms with Gasteiger partial charge in [-0.1, -0.05) is 18.2 Å². The molecule has 168 valence electrons. The predicted octanol–water partition coefficient (Wildman–Crippen LogP) is 4.06. The fraction of sp³-hybridized carbons (Fsp3) is 0.360. The molecule has 0 fully saturated rings. The predicted molar refractivity (Wildman–Crippen MR) is 126 cm³/mol. The van der Waals surface area contributed by atoms with E-state index in [1.165, 1.54) is 5.56 Å². The van der Waals surface area contributed by atoms with Gasteiger partial charge in [-0.25, -0.2) is 4.79 Å². The zero-order chi connectivity index (χ0) is 22.8. The molecule has 0 spiro atoms. The molecule has 7 nitrogen and oxygen atoms in total. The van der Waals surface area contributed by atoms with Crippen molar-refractivity contribution in [1.82, 2.24) is 4.57 Å². The van der Waals surface area contributed by atoms with Crippen LogP contribution in [0.3, 0.4) is 0 Å². The Hall–Kier alpha value is -3.48. The van der Waals surface area contributed by atoms with Gasteiger partial charge in [0.1, 0.15) is 5.75 Å². The van der Waals surface area contributed by atoms with Crippen molar-refractivity contribution in [3.63, 3.8) is 0 Å². The first-order valence-corrected chi connectivity index (χ1v) is 10.9. The molecule has 1 amide bonds. The number of aryl methyl sites for hydroxylation is 2. The fourth-order valence-corrected chi connectivity index (χ4v) is 4.51. The third-order valence-electron chi connectivity index (χ3n) is 6.13. The van der Waals surface area contributed by atoms with Crippen LogP contribution in [0.15, 0.2) is 36.4 Å². The summed E-state index contributed by atoms with van der Waals surface area (Å²) < 4.78 is 12.8. The highest BCUT2D eigenvalue weighted by molar-refractivity contribution is 6.15. The first kappa shape index (κ1) is 21.7. The van der Waals surface area contributed by atoms with Crippen LogP contribution in [0.4, 0.5) is 11.4 Å². The van der Waals surface area contributed by atoms with Crippen LogP contribution in [0.1, 0.15) is 35.0 Å². The summed E-state index contributed by atoms with van der Waals surface area (Å²) in [4.78, 5) is 28.1. The zero-order valence-electron chi connectivity index (χ0n) is 19.0. The molecule has 0 unspecified atom stereocenters. The molecule has 0 saturated carbocycles. The van der Waals surface area contributed by atoms with E-state index in [0.717, 1.165) is 36.3 Å². The number of aromatic nitrogens is 1. The summed E-state index contributed by atoms with van der Waals surface area (Å²) in [5.74, 6) is -0.0748. The Kier molecular flexibility index (Phi) is 6.08. The lowest BCUT2D eigenvalue weighted by Crippen LogP contribution is -2.36. The highest BCUT2D eigenvalue weighted by Gasteiger charge is 2.26. The third kappa shape index (κ3) is 3.79. The number of hydrogen-bond acceptors (Lipinski definition) is 5. The Morgan fingerprint density at radius 2 is 1.94 bits per heavy atom. The number of rotatable bonds is 6. The minimum atomic E-state index is -0.413. The van der Waals surface area contributed by atoms with Crippen molar-refractivity contribution in [2.75, 3.05) is 37.0 Å². The summed E-state index contributed by atoms with van der Waals surface area (Å²) in [6, 6.07) is 11.9. The number of carbonyl (C=O) groups excluding carboxylic acids is 2. The molecule has 0 radical (unpaired) electrons. The van der Waals surface area contributed by atoms with Crippen molar-refractivity contribution in [2.45, 2.75) is 26.7 Å². The van der Waals surface area contributed by atoms with Crippen LogP contribution >= 0.6 is 0 Å². The number of fused-ring (bicyclic) bond motifs is 2. The number of ether oxygens (including phenoxy) is 2. The summed E-state index contributed by atoms with van der Waals surface area (Å²) in [5.41, 5.74) is 4.89. The third-order valence-corrected chi connectivity index (χ3v) is 6.13. The number of esters is 1. The number of carbonyl (C=O) groups is 2. The zero-order valence-corrected chi connectivity index (χ0v) is 19.0. The highest BCUT2D eigenvalue weighted by atomic mass is 16.5. The molecular formula is C25H29N3O4. The monoisotopic (exact) mass is 435 g/mol. The molecule has 0 bridgehead atoms. The second-order valence-corrected chi connectivity index (χ2v) is 7.98. The van der Waals surface area contributed by atoms with Crippen LogP contribution in [-0.4, -0.2) is 43.2 Å². The number of methoxy groups -OCH3 is 1. The Balaban J connectivity index is 1.72. The number of para-hydroxylation sites is 1. The molecular weight excluding hydrogens is 406 g/mol. The minimum Gasteiger partial charge on any atom is -0.495 e. The molecule has 0 aliphatic carbocycles. The van der Waals surface area contributed by atoms with Gasteiger partial charge in [0.25, 0.3) is 0 Å². The van der Waals surface area contributed by atoms with Gasteiger partial charge in [0.2, 0.25) is 5.91 Å². The average molecular weight is 436 g/mol. The molecule has 0 atom stereocenters. The lowest BCUT2D eigenvalue weighted by molar-refractivity contribution is -0.115. The molecule has 2 heterocycles. The number of amides is 1. The largest absolute Gasteiger partial charge is 0.495 e. The van der Waals surface area contributed by atoms with E-state index in [9.17, 15) is 9.59 Å². The normalized spacial score (nSPS) is 13.1. The molecule has 1 aliphatic heterocycles. The van der Waals surface area contributed by atoms with Gasteiger partial charge in [-0.05, 0) is 50.5 Å². The van der Waals surface area contributed by atoms with Crippen LogP contribution in [0.25, 0.3) is 10.9 Å². The lowest BCUT2D eigenvalue weighted by Gasteiger charge is -2.30. The second-order valence-electron chi connectivity index (χ2n) is 7.98. The minimum absolute atomic E-state index is 0.163. The standard InChI is InChI=1S/C25H29N3O4/c1-5-32-25(30)22-16(2)27(3)19-12-13-20(31-4)24(23(19)22)26-21(29)15-28-14-8-10-17-9-6-7-11-18(17)28/h6-7,9,11-13H,5,8,10,14-15H2,1-4H3,(H,26,29). The average Bonchev–Trinajstić information content (AvgIpc) is 3.05. The summed E-state index contributed by atoms with van der Waals surface area (Å²) in [6.45, 7) is 4.96. The maximum absolute atomic E-state index is 13.2. The van der Waals surface area contributed by atoms with Crippen molar-refractivity contribution in [1.29, 1.82) is 0 Å². The van der Waals surface area contributed by atoms with Crippen LogP contribution in [0, 0.1) is 6.92 Å². The van der Waals surface area contributed by atoms with E-state index in [2.05, 4.69) is 22.3 Å². The second kappa shape index (κ2) is 8.94. The number of anilines is 2. The maximum atomic E-state index is 13.2. The van der Waals surface area contributed by atoms with E-state index in [-0.39, 0.29) is 19.1 Å². The molecule has 1 aromatic heterocycles. The molecule has 32 heavy (non-hydrogen) atoms. The SMILES string of the molecule is CCOC(=O)c1c(C)n(C)c2ccc(OC)c(NC(=O)CN3CCCc4ccccc43)c12. The van der Waals surface area contributed by atoms with Crippen molar-refractivity contribution in [3.8, 4) is 5.75 Å². The van der Waals surface area contributed by atoms with Gasteiger partial charge >= 0.3 is 5.97 Å². The quantitative estimate of drug-likeness (QED) is 0.591. The highest BCUT2D eigenvalue weighted by Crippen LogP contribution is 2.38. The van der Waals surface area contributed by atoms with E-state index >= 15 is 0 Å². The molecule has 3 aromatic rings. The van der Waals surface area contributed by atoms with Crippen LogP contribution in [0.5, 0.6) is 5.75 Å². The molecule has 4 rings (SSSR count). The van der Waals surface area contributed by atoms with Gasteiger partial charge < -0.3 is 24.3 Å². The Morgan fingerprint density at radius 3 is 2.69 bits per heavy atom. The summed E-state index contributed by atoms with van der Waals surface area (Å²) in [6.07, 6.45) is 2.03. The van der Waals surface area contributed by atoms with E-state index in [1.807, 2.05) is 42.8 Å². The molecule has 7 heteroatoms. The van der Waals surface area contributed by atoms with E-state index < -0.39 is 5.97 Å². The van der Waals surface area contributed by atoms with Gasteiger partial charge in [0.15, 0.2) is 0 Å². The van der Waals surface area contributed by atoms with Gasteiger partial charge in [0.05, 0.1) is 37.0 Å². The number of nitrogens with zero attached hydrogens (tertiary/aromatic N) is 2. The Labute approximate surface area is 187 Å². The van der Waals surface area contributed by atoms with Crippen LogP contribution in [0.2, 0.25) is 0 Å². The van der Waals surface area contributed by atoms with E-state index in [1.54, 1.807) is 14.0 Å². The molecule has 1 aliphatic rings. The number of benzene rings is 2. The van der Waals surface area contributed by atoms with Gasteiger partial charge in [-0.3, -0.25) is 4.79 Å². The molecule has 0 saturated heterocycles. The summed E-state index contributed by atoms with van der Waals surface area (Å²) >= 11 is 0. The lowest BCUT2D eigenvalue weighted by atomic mass is 10.0. The van der Waals surface area contributed by atoms with Gasteiger partial charge in [-0.2, -0.15) is 0 Å². The number of nitrogens with one attached hydrogen (secondary N) is 1. The first-order chi connectivity index (χ1) is 15.5. The number of hydrogen-bond donors (Lipinski definition) is 1. The van der Waals surface area contributed by atoms with E-state index in [0.29, 0.717) is 22.4 Å². The topological polar surface area (TPSA) is 72.8 Å². The van der Waals surface area contributed by atoms with Gasteiger partial charge in [-0.15, -0.1) is 0 Å².